The Labute approximate surface area is 66.0 Å². The zero-order valence-electron chi connectivity index (χ0n) is 6.25. The number of hydrogen-bond donors (Lipinski definition) is 1. The van der Waals surface area contributed by atoms with Gasteiger partial charge in [0, 0.05) is 0 Å². The monoisotopic (exact) mass is 146 g/mol. The molecule has 56 valence electrons. The van der Waals surface area contributed by atoms with Gasteiger partial charge in [-0.1, -0.05) is 31.4 Å². The molecule has 2 heteroatoms. The van der Waals surface area contributed by atoms with Crippen molar-refractivity contribution < 1.29 is 0 Å². The Morgan fingerprint density at radius 3 is 2.82 bits per heavy atom. The van der Waals surface area contributed by atoms with Gasteiger partial charge in [0.2, 0.25) is 0 Å². The summed E-state index contributed by atoms with van der Waals surface area (Å²) in [7, 11) is 0. The first-order chi connectivity index (χ1) is 5.38. The predicted octanol–water partition coefficient (Wildman–Crippen LogP) is 2.17. The molecule has 1 rings (SSSR count). The summed E-state index contributed by atoms with van der Waals surface area (Å²) in [5, 5.41) is 0. The first kappa shape index (κ1) is 7.54. The van der Waals surface area contributed by atoms with Gasteiger partial charge in [-0.2, -0.15) is 0 Å². The largest absolute Gasteiger partial charge is 0.345 e. The van der Waals surface area contributed by atoms with Gasteiger partial charge in [0.15, 0.2) is 0 Å². The molecular formula is C9H10N2. The summed E-state index contributed by atoms with van der Waals surface area (Å²) in [6.45, 7) is 7.27. The van der Waals surface area contributed by atoms with E-state index in [1.54, 1.807) is 24.7 Å². The third kappa shape index (κ3) is 1.67. The van der Waals surface area contributed by atoms with Crippen LogP contribution in [0.2, 0.25) is 0 Å². The lowest BCUT2D eigenvalue weighted by atomic mass is 10.2. The van der Waals surface area contributed by atoms with E-state index in [9.17, 15) is 0 Å². The van der Waals surface area contributed by atoms with Gasteiger partial charge in [0.1, 0.15) is 0 Å². The van der Waals surface area contributed by atoms with Crippen molar-refractivity contribution in [1.82, 2.24) is 9.97 Å². The maximum atomic E-state index is 3.89. The number of imidazole rings is 1. The highest BCUT2D eigenvalue weighted by atomic mass is 14.9. The molecule has 1 aromatic heterocycles. The molecule has 0 unspecified atom stereocenters. The van der Waals surface area contributed by atoms with Crippen LogP contribution in [-0.2, 0) is 0 Å². The summed E-state index contributed by atoms with van der Waals surface area (Å²) >= 11 is 0. The van der Waals surface area contributed by atoms with Crippen LogP contribution in [0.1, 0.15) is 5.69 Å². The number of allylic oxidation sites excluding steroid dienone is 4. The fourth-order valence-corrected chi connectivity index (χ4v) is 0.808. The van der Waals surface area contributed by atoms with E-state index in [-0.39, 0.29) is 0 Å². The number of nitrogens with zero attached hydrogens (tertiary/aromatic N) is 1. The molecule has 0 saturated heterocycles. The highest BCUT2D eigenvalue weighted by Crippen LogP contribution is 2.10. The SMILES string of the molecule is C=C/C=C(\C=C)c1cnc[nH]1. The zero-order chi connectivity index (χ0) is 8.10. The van der Waals surface area contributed by atoms with Crippen LogP contribution in [0.5, 0.6) is 0 Å². The molecule has 0 aromatic carbocycles. The number of hydrogen-bond acceptors (Lipinski definition) is 1. The van der Waals surface area contributed by atoms with Gasteiger partial charge in [-0.3, -0.25) is 0 Å². The van der Waals surface area contributed by atoms with Gasteiger partial charge in [-0.25, -0.2) is 4.98 Å². The molecule has 0 spiro atoms. The lowest BCUT2D eigenvalue weighted by Crippen LogP contribution is -1.77. The lowest BCUT2D eigenvalue weighted by molar-refractivity contribution is 1.30. The summed E-state index contributed by atoms with van der Waals surface area (Å²) < 4.78 is 0. The Bertz CT molecular complexity index is 268. The van der Waals surface area contributed by atoms with Crippen molar-refractivity contribution in [2.75, 3.05) is 0 Å². The second-order valence-electron chi connectivity index (χ2n) is 2.03. The summed E-state index contributed by atoms with van der Waals surface area (Å²) in [5.41, 5.74) is 1.96. The number of H-pyrrole nitrogens is 1. The van der Waals surface area contributed by atoms with Gasteiger partial charge in [-0.05, 0) is 5.57 Å². The molecule has 0 atom stereocenters. The summed E-state index contributed by atoms with van der Waals surface area (Å²) in [5.74, 6) is 0. The van der Waals surface area contributed by atoms with Crippen molar-refractivity contribution in [2.45, 2.75) is 0 Å². The molecule has 0 bridgehead atoms. The van der Waals surface area contributed by atoms with E-state index in [0.29, 0.717) is 0 Å². The number of nitrogens with one attached hydrogen (secondary N) is 1. The number of aromatic amines is 1. The molecule has 11 heavy (non-hydrogen) atoms. The molecule has 0 saturated carbocycles. The fourth-order valence-electron chi connectivity index (χ4n) is 0.808. The second-order valence-corrected chi connectivity index (χ2v) is 2.03. The topological polar surface area (TPSA) is 28.7 Å². The van der Waals surface area contributed by atoms with Crippen molar-refractivity contribution in [1.29, 1.82) is 0 Å². The van der Waals surface area contributed by atoms with Gasteiger partial charge in [0.25, 0.3) is 0 Å². The van der Waals surface area contributed by atoms with Crippen LogP contribution in [0, 0.1) is 0 Å². The maximum Gasteiger partial charge on any atom is 0.0924 e. The quantitative estimate of drug-likeness (QED) is 0.650. The van der Waals surface area contributed by atoms with Gasteiger partial charge < -0.3 is 4.98 Å². The van der Waals surface area contributed by atoms with Crippen LogP contribution in [0.3, 0.4) is 0 Å². The second kappa shape index (κ2) is 3.56. The molecule has 0 aliphatic carbocycles. The minimum absolute atomic E-state index is 0.958. The van der Waals surface area contributed by atoms with E-state index in [4.69, 9.17) is 0 Å². The molecule has 2 nitrogen and oxygen atoms in total. The summed E-state index contributed by atoms with van der Waals surface area (Å²) in [6, 6.07) is 0. The third-order valence-corrected chi connectivity index (χ3v) is 1.33. The van der Waals surface area contributed by atoms with E-state index in [1.807, 2.05) is 6.08 Å². The highest BCUT2D eigenvalue weighted by molar-refractivity contribution is 5.71. The Morgan fingerprint density at radius 1 is 1.55 bits per heavy atom. The van der Waals surface area contributed by atoms with Crippen LogP contribution in [0.4, 0.5) is 0 Å². The first-order valence-corrected chi connectivity index (χ1v) is 3.32. The van der Waals surface area contributed by atoms with Crippen molar-refractivity contribution in [3.05, 3.63) is 49.6 Å². The molecule has 1 N–H and O–H groups in total. The normalized spacial score (nSPS) is 11.1. The lowest BCUT2D eigenvalue weighted by Gasteiger charge is -1.93. The molecule has 0 amide bonds. The van der Waals surface area contributed by atoms with Crippen LogP contribution in [0.25, 0.3) is 5.57 Å². The average Bonchev–Trinajstić information content (AvgIpc) is 2.52. The molecule has 0 aliphatic heterocycles. The fraction of sp³-hybridized carbons (Fsp3) is 0. The Hall–Kier alpha value is -1.57. The molecule has 1 heterocycles. The van der Waals surface area contributed by atoms with Gasteiger partial charge in [0.05, 0.1) is 18.2 Å². The Balaban J connectivity index is 2.97. The highest BCUT2D eigenvalue weighted by Gasteiger charge is 1.94. The standard InChI is InChI=1S/C9H10N2/c1-3-5-8(4-2)9-6-10-7-11-9/h3-7H,1-2H2,(H,10,11)/b8-5+. The van der Waals surface area contributed by atoms with Crippen LogP contribution in [-0.4, -0.2) is 9.97 Å². The minimum Gasteiger partial charge on any atom is -0.345 e. The minimum atomic E-state index is 0.958. The van der Waals surface area contributed by atoms with Crippen molar-refractivity contribution in [2.24, 2.45) is 0 Å². The van der Waals surface area contributed by atoms with E-state index in [1.165, 1.54) is 0 Å². The van der Waals surface area contributed by atoms with Gasteiger partial charge in [-0.15, -0.1) is 0 Å². The molecule has 0 radical (unpaired) electrons. The maximum absolute atomic E-state index is 3.89. The third-order valence-electron chi connectivity index (χ3n) is 1.33. The smallest absolute Gasteiger partial charge is 0.0924 e. The molecular weight excluding hydrogens is 136 g/mol. The van der Waals surface area contributed by atoms with Crippen LogP contribution >= 0.6 is 0 Å². The number of aromatic nitrogens is 2. The number of rotatable bonds is 3. The zero-order valence-corrected chi connectivity index (χ0v) is 6.25. The molecule has 1 aromatic rings. The van der Waals surface area contributed by atoms with Crippen molar-refractivity contribution in [3.8, 4) is 0 Å². The predicted molar refractivity (Wildman–Crippen MR) is 47.0 cm³/mol. The summed E-state index contributed by atoms with van der Waals surface area (Å²) in [6.07, 6.45) is 8.74. The molecule has 0 aliphatic rings. The average molecular weight is 146 g/mol. The van der Waals surface area contributed by atoms with Crippen molar-refractivity contribution in [3.63, 3.8) is 0 Å². The van der Waals surface area contributed by atoms with E-state index in [0.717, 1.165) is 11.3 Å². The van der Waals surface area contributed by atoms with Gasteiger partial charge >= 0.3 is 0 Å². The summed E-state index contributed by atoms with van der Waals surface area (Å²) in [4.78, 5) is 6.87. The Kier molecular flexibility index (Phi) is 2.44. The Morgan fingerprint density at radius 2 is 2.36 bits per heavy atom. The van der Waals surface area contributed by atoms with Crippen LogP contribution < -0.4 is 0 Å². The first-order valence-electron chi connectivity index (χ1n) is 3.32. The van der Waals surface area contributed by atoms with Crippen LogP contribution in [0.15, 0.2) is 43.9 Å². The van der Waals surface area contributed by atoms with E-state index in [2.05, 4.69) is 23.1 Å². The van der Waals surface area contributed by atoms with E-state index < -0.39 is 0 Å². The van der Waals surface area contributed by atoms with Crippen molar-refractivity contribution >= 4 is 5.57 Å². The molecule has 0 fully saturated rings. The van der Waals surface area contributed by atoms with E-state index >= 15 is 0 Å².